The first kappa shape index (κ1) is 12.2. The van der Waals surface area contributed by atoms with Crippen molar-refractivity contribution in [3.63, 3.8) is 0 Å². The van der Waals surface area contributed by atoms with E-state index in [9.17, 15) is 22.8 Å². The number of hydrogen-bond donors (Lipinski definition) is 1. The molecule has 4 nitrogen and oxygen atoms in total. The number of hydrogen-bond acceptors (Lipinski definition) is 3. The number of carbonyl (C=O) groups excluding carboxylic acids is 1. The molecule has 8 heteroatoms. The van der Waals surface area contributed by atoms with Gasteiger partial charge in [0.2, 0.25) is 0 Å². The minimum absolute atomic E-state index is 0.405. The summed E-state index contributed by atoms with van der Waals surface area (Å²) in [5.41, 5.74) is 0. The first-order chi connectivity index (χ1) is 5.81. The molecule has 0 radical (unpaired) electrons. The second-order valence-corrected chi connectivity index (χ2v) is 3.68. The van der Waals surface area contributed by atoms with Crippen LogP contribution < -0.4 is 21.6 Å². The molecule has 0 bridgehead atoms. The molecule has 1 N–H and O–H groups in total. The van der Waals surface area contributed by atoms with E-state index >= 15 is 0 Å². The molecule has 76 valence electrons. The summed E-state index contributed by atoms with van der Waals surface area (Å²) >= 11 is -2.68. The van der Waals surface area contributed by atoms with Crippen molar-refractivity contribution in [1.82, 2.24) is 0 Å². The van der Waals surface area contributed by atoms with Crippen LogP contribution in [0.4, 0.5) is 13.2 Å². The Hall–Kier alpha value is -0.800. The van der Waals surface area contributed by atoms with E-state index in [2.05, 4.69) is 3.07 Å². The SMILES string of the molecule is O=C(O)/C=C/C(=O)O[I-]C(F)(F)F. The van der Waals surface area contributed by atoms with Gasteiger partial charge in [0.05, 0.1) is 0 Å². The van der Waals surface area contributed by atoms with E-state index in [1.165, 1.54) is 0 Å². The van der Waals surface area contributed by atoms with Crippen molar-refractivity contribution in [2.24, 2.45) is 0 Å². The molecule has 0 aromatic rings. The van der Waals surface area contributed by atoms with Crippen molar-refractivity contribution in [2.45, 2.75) is 4.18 Å². The number of carboxylic acids is 1. The summed E-state index contributed by atoms with van der Waals surface area (Å²) in [5.74, 6) is -2.73. The number of carboxylic acid groups (broad SMARTS) is 1. The van der Waals surface area contributed by atoms with Crippen molar-refractivity contribution in [3.05, 3.63) is 12.2 Å². The summed E-state index contributed by atoms with van der Waals surface area (Å²) in [5, 5.41) is 7.98. The first-order valence-corrected chi connectivity index (χ1v) is 4.62. The Kier molecular flexibility index (Phi) is 4.73. The van der Waals surface area contributed by atoms with Gasteiger partial charge in [-0.05, 0) is 0 Å². The second kappa shape index (κ2) is 5.04. The minimum atomic E-state index is -4.49. The average molecular weight is 311 g/mol. The van der Waals surface area contributed by atoms with Crippen molar-refractivity contribution in [1.29, 1.82) is 0 Å². The topological polar surface area (TPSA) is 63.6 Å². The number of rotatable bonds is 3. The van der Waals surface area contributed by atoms with E-state index in [1.807, 2.05) is 0 Å². The van der Waals surface area contributed by atoms with Gasteiger partial charge in [0.25, 0.3) is 0 Å². The number of alkyl halides is 4. The monoisotopic (exact) mass is 311 g/mol. The molecule has 0 unspecified atom stereocenters. The van der Waals surface area contributed by atoms with Crippen molar-refractivity contribution in [2.75, 3.05) is 0 Å². The quantitative estimate of drug-likeness (QED) is 0.362. The van der Waals surface area contributed by atoms with Gasteiger partial charge in [-0.3, -0.25) is 0 Å². The van der Waals surface area contributed by atoms with Crippen LogP contribution >= 0.6 is 0 Å². The summed E-state index contributed by atoms with van der Waals surface area (Å²) in [7, 11) is 0. The zero-order valence-corrected chi connectivity index (χ0v) is 8.00. The first-order valence-electron chi connectivity index (χ1n) is 2.66. The molecule has 0 amide bonds. The van der Waals surface area contributed by atoms with Crippen LogP contribution in [0.5, 0.6) is 0 Å². The van der Waals surface area contributed by atoms with Gasteiger partial charge in [-0.2, -0.15) is 0 Å². The maximum absolute atomic E-state index is 11.4. The molecule has 0 aromatic heterocycles. The Labute approximate surface area is 81.2 Å². The van der Waals surface area contributed by atoms with Gasteiger partial charge in [0, 0.05) is 0 Å². The predicted molar refractivity (Wildman–Crippen MR) is 28.9 cm³/mol. The summed E-state index contributed by atoms with van der Waals surface area (Å²) in [4.78, 5) is 20.1. The molecule has 0 saturated heterocycles. The maximum atomic E-state index is 11.4. The van der Waals surface area contributed by atoms with E-state index in [0.29, 0.717) is 12.2 Å². The Morgan fingerprint density at radius 1 is 1.31 bits per heavy atom. The third kappa shape index (κ3) is 9.11. The average Bonchev–Trinajstić information content (AvgIpc) is 1.95. The molecule has 0 heterocycles. The summed E-state index contributed by atoms with van der Waals surface area (Å²) in [6, 6.07) is 0. The van der Waals surface area contributed by atoms with E-state index in [1.54, 1.807) is 0 Å². The molecular weight excluding hydrogens is 308 g/mol. The molecule has 0 spiro atoms. The van der Waals surface area contributed by atoms with Crippen LogP contribution in [0.1, 0.15) is 0 Å². The second-order valence-electron chi connectivity index (χ2n) is 1.57. The normalized spacial score (nSPS) is 11.9. The number of aliphatic carboxylic acids is 1. The fourth-order valence-electron chi connectivity index (χ4n) is 0.247. The zero-order valence-electron chi connectivity index (χ0n) is 5.84. The van der Waals surface area contributed by atoms with Crippen molar-refractivity contribution < 1.29 is 52.6 Å². The van der Waals surface area contributed by atoms with Crippen molar-refractivity contribution >= 4 is 11.9 Å². The molecule has 0 aliphatic carbocycles. The van der Waals surface area contributed by atoms with E-state index < -0.39 is 37.7 Å². The molecule has 0 saturated carbocycles. The summed E-state index contributed by atoms with van der Waals surface area (Å²) in [6.07, 6.45) is 0.830. The van der Waals surface area contributed by atoms with Gasteiger partial charge in [0.15, 0.2) is 0 Å². The standard InChI is InChI=1S/C5H3F3IO4/c6-5(7,8)9-13-4(12)2-1-3(10)11/h1-2H,(H,10,11)/q-1/b2-1+. The number of halogens is 4. The van der Waals surface area contributed by atoms with Crippen LogP contribution in [0, 0.1) is 0 Å². The Balaban J connectivity index is 3.83. The van der Waals surface area contributed by atoms with Crippen LogP contribution in [0.25, 0.3) is 0 Å². The molecule has 13 heavy (non-hydrogen) atoms. The molecule has 0 aromatic carbocycles. The van der Waals surface area contributed by atoms with Crippen LogP contribution in [0.3, 0.4) is 0 Å². The molecule has 0 fully saturated rings. The van der Waals surface area contributed by atoms with Gasteiger partial charge in [0.1, 0.15) is 0 Å². The van der Waals surface area contributed by atoms with Crippen LogP contribution in [0.2, 0.25) is 0 Å². The van der Waals surface area contributed by atoms with E-state index in [4.69, 9.17) is 5.11 Å². The predicted octanol–water partition coefficient (Wildman–Crippen LogP) is -2.31. The Morgan fingerprint density at radius 2 is 1.85 bits per heavy atom. The summed E-state index contributed by atoms with van der Waals surface area (Å²) < 4.78 is 33.6. The molecular formula is C5H3F3IO4-. The molecule has 0 rings (SSSR count). The Morgan fingerprint density at radius 3 is 2.23 bits per heavy atom. The van der Waals surface area contributed by atoms with E-state index in [0.717, 1.165) is 0 Å². The van der Waals surface area contributed by atoms with Crippen LogP contribution in [0.15, 0.2) is 12.2 Å². The zero-order chi connectivity index (χ0) is 10.5. The van der Waals surface area contributed by atoms with Crippen molar-refractivity contribution in [3.8, 4) is 0 Å². The number of carbonyl (C=O) groups is 2. The molecule has 0 aliphatic heterocycles. The van der Waals surface area contributed by atoms with Crippen LogP contribution in [-0.2, 0) is 12.7 Å². The fourth-order valence-corrected chi connectivity index (χ4v) is 0.860. The summed E-state index contributed by atoms with van der Waals surface area (Å²) in [6.45, 7) is 0. The third-order valence-corrected chi connectivity index (χ3v) is 1.72. The van der Waals surface area contributed by atoms with Crippen LogP contribution in [-0.4, -0.2) is 21.2 Å². The van der Waals surface area contributed by atoms with E-state index in [-0.39, 0.29) is 0 Å². The molecule has 0 aliphatic rings. The Bertz CT molecular complexity index is 234. The van der Waals surface area contributed by atoms with Gasteiger partial charge in [-0.15, -0.1) is 0 Å². The van der Waals surface area contributed by atoms with Gasteiger partial charge < -0.3 is 0 Å². The fraction of sp³-hybridized carbons (Fsp3) is 0.200. The molecule has 0 atom stereocenters. The van der Waals surface area contributed by atoms with Gasteiger partial charge in [-0.25, -0.2) is 0 Å². The van der Waals surface area contributed by atoms with Gasteiger partial charge >= 0.3 is 80.8 Å². The third-order valence-electron chi connectivity index (χ3n) is 0.564. The van der Waals surface area contributed by atoms with Gasteiger partial charge in [-0.1, -0.05) is 0 Å².